The minimum atomic E-state index is -3.17. The third-order valence-electron chi connectivity index (χ3n) is 5.81. The van der Waals surface area contributed by atoms with E-state index in [1.165, 1.54) is 4.90 Å². The van der Waals surface area contributed by atoms with Gasteiger partial charge in [-0.3, -0.25) is 14.5 Å². The predicted molar refractivity (Wildman–Crippen MR) is 132 cm³/mol. The van der Waals surface area contributed by atoms with Crippen LogP contribution in [0.15, 0.2) is 27.6 Å². The van der Waals surface area contributed by atoms with Crippen LogP contribution in [-0.4, -0.2) is 53.5 Å². The molecule has 0 radical (unpaired) electrons. The van der Waals surface area contributed by atoms with Gasteiger partial charge in [0.25, 0.3) is 11.8 Å². The third-order valence-corrected chi connectivity index (χ3v) is 9.46. The summed E-state index contributed by atoms with van der Waals surface area (Å²) in [7, 11) is -3.17. The number of carbonyl (C=O) groups excluding carboxylic acids is 2. The van der Waals surface area contributed by atoms with Crippen molar-refractivity contribution < 1.29 is 18.0 Å². The van der Waals surface area contributed by atoms with E-state index in [1.54, 1.807) is 4.90 Å². The van der Waals surface area contributed by atoms with Gasteiger partial charge in [0, 0.05) is 16.6 Å². The second kappa shape index (κ2) is 8.96. The molecule has 3 aliphatic rings. The molecule has 2 fully saturated rings. The summed E-state index contributed by atoms with van der Waals surface area (Å²) >= 11 is 10.0. The van der Waals surface area contributed by atoms with Crippen LogP contribution in [0.25, 0.3) is 5.57 Å². The van der Waals surface area contributed by atoms with Crippen molar-refractivity contribution in [2.75, 3.05) is 23.0 Å². The summed E-state index contributed by atoms with van der Waals surface area (Å²) in [4.78, 5) is 30.2. The second-order valence-corrected chi connectivity index (χ2v) is 12.8. The highest BCUT2D eigenvalue weighted by Gasteiger charge is 2.46. The fraction of sp³-hybridized carbons (Fsp3) is 0.476. The molecule has 0 bridgehead atoms. The average molecular weight is 544 g/mol. The molecule has 0 N–H and O–H groups in total. The molecule has 0 aromatic heterocycles. The van der Waals surface area contributed by atoms with Crippen LogP contribution in [0.1, 0.15) is 44.6 Å². The molecule has 4 rings (SSSR count). The first-order chi connectivity index (χ1) is 14.7. The third kappa shape index (κ3) is 4.36. The fourth-order valence-electron chi connectivity index (χ4n) is 4.27. The van der Waals surface area contributed by atoms with E-state index in [2.05, 4.69) is 22.9 Å². The van der Waals surface area contributed by atoms with Crippen molar-refractivity contribution in [1.29, 1.82) is 0 Å². The van der Waals surface area contributed by atoms with Crippen molar-refractivity contribution in [3.63, 3.8) is 0 Å². The summed E-state index contributed by atoms with van der Waals surface area (Å²) in [6, 6.07) is 5.19. The predicted octanol–water partition coefficient (Wildman–Crippen LogP) is 4.13. The van der Waals surface area contributed by atoms with Crippen LogP contribution < -0.4 is 4.90 Å². The van der Waals surface area contributed by atoms with E-state index in [1.807, 2.05) is 18.2 Å². The number of carbonyl (C=O) groups is 2. The minimum absolute atomic E-state index is 0.0564. The van der Waals surface area contributed by atoms with Gasteiger partial charge in [-0.25, -0.2) is 8.42 Å². The number of halogens is 1. The topological polar surface area (TPSA) is 74.8 Å². The molecule has 166 valence electrons. The van der Waals surface area contributed by atoms with E-state index < -0.39 is 15.9 Å². The summed E-state index contributed by atoms with van der Waals surface area (Å²) in [5, 5.41) is 0. The number of hydrogen-bond acceptors (Lipinski definition) is 6. The maximum atomic E-state index is 13.4. The maximum Gasteiger partial charge on any atom is 0.267 e. The Morgan fingerprint density at radius 3 is 2.65 bits per heavy atom. The van der Waals surface area contributed by atoms with E-state index in [9.17, 15) is 18.0 Å². The Hall–Kier alpha value is -1.23. The number of hydrogen-bond donors (Lipinski definition) is 0. The molecule has 1 aromatic rings. The van der Waals surface area contributed by atoms with Crippen LogP contribution in [0, 0.1) is 0 Å². The number of thioether (sulfide) groups is 1. The van der Waals surface area contributed by atoms with Crippen LogP contribution in [0.2, 0.25) is 0 Å². The van der Waals surface area contributed by atoms with E-state index in [4.69, 9.17) is 12.2 Å². The molecule has 0 aliphatic carbocycles. The van der Waals surface area contributed by atoms with Gasteiger partial charge in [0.05, 0.1) is 33.7 Å². The van der Waals surface area contributed by atoms with E-state index in [0.717, 1.165) is 53.2 Å². The molecule has 10 heteroatoms. The quantitative estimate of drug-likeness (QED) is 0.305. The lowest BCUT2D eigenvalue weighted by Crippen LogP contribution is -2.39. The molecule has 2 saturated heterocycles. The molecule has 0 unspecified atom stereocenters. The summed E-state index contributed by atoms with van der Waals surface area (Å²) in [5.74, 6) is -0.578. The molecule has 3 heterocycles. The van der Waals surface area contributed by atoms with Gasteiger partial charge in [-0.05, 0) is 31.0 Å². The summed E-state index contributed by atoms with van der Waals surface area (Å²) in [6.45, 7) is 2.74. The van der Waals surface area contributed by atoms with Crippen LogP contribution in [0.3, 0.4) is 0 Å². The highest BCUT2D eigenvalue weighted by molar-refractivity contribution is 9.10. The number of fused-ring (bicyclic) bond motifs is 1. The minimum Gasteiger partial charge on any atom is -0.308 e. The molecule has 1 aromatic carbocycles. The Morgan fingerprint density at radius 1 is 1.19 bits per heavy atom. The lowest BCUT2D eigenvalue weighted by atomic mass is 10.1. The molecule has 3 aliphatic heterocycles. The van der Waals surface area contributed by atoms with Crippen LogP contribution >= 0.6 is 39.9 Å². The average Bonchev–Trinajstić information content (AvgIpc) is 3.29. The lowest BCUT2D eigenvalue weighted by Gasteiger charge is -2.21. The first-order valence-electron chi connectivity index (χ1n) is 10.4. The van der Waals surface area contributed by atoms with Crippen molar-refractivity contribution in [3.05, 3.63) is 33.1 Å². The smallest absolute Gasteiger partial charge is 0.267 e. The van der Waals surface area contributed by atoms with Crippen molar-refractivity contribution in [2.45, 2.75) is 45.1 Å². The molecular weight excluding hydrogens is 520 g/mol. The van der Waals surface area contributed by atoms with Crippen molar-refractivity contribution in [1.82, 2.24) is 4.90 Å². The van der Waals surface area contributed by atoms with Gasteiger partial charge in [-0.1, -0.05) is 66.1 Å². The largest absolute Gasteiger partial charge is 0.308 e. The molecule has 6 nitrogen and oxygen atoms in total. The highest BCUT2D eigenvalue weighted by atomic mass is 79.9. The molecule has 0 spiro atoms. The number of unbranched alkanes of at least 4 members (excludes halogenated alkanes) is 3. The zero-order valence-electron chi connectivity index (χ0n) is 17.1. The van der Waals surface area contributed by atoms with E-state index >= 15 is 0 Å². The number of rotatable bonds is 6. The summed E-state index contributed by atoms with van der Waals surface area (Å²) in [6.07, 6.45) is 4.53. The van der Waals surface area contributed by atoms with Crippen LogP contribution in [0.4, 0.5) is 5.69 Å². The Morgan fingerprint density at radius 2 is 1.97 bits per heavy atom. The van der Waals surface area contributed by atoms with Crippen molar-refractivity contribution in [3.8, 4) is 0 Å². The van der Waals surface area contributed by atoms with Gasteiger partial charge in [0.15, 0.2) is 9.84 Å². The van der Waals surface area contributed by atoms with Gasteiger partial charge in [-0.2, -0.15) is 0 Å². The van der Waals surface area contributed by atoms with Crippen LogP contribution in [-0.2, 0) is 19.4 Å². The molecule has 2 amide bonds. The first kappa shape index (κ1) is 22.9. The molecule has 31 heavy (non-hydrogen) atoms. The Labute approximate surface area is 200 Å². The highest BCUT2D eigenvalue weighted by Crippen LogP contribution is 2.46. The summed E-state index contributed by atoms with van der Waals surface area (Å²) in [5.41, 5.74) is 1.88. The van der Waals surface area contributed by atoms with Gasteiger partial charge >= 0.3 is 0 Å². The fourth-order valence-corrected chi connectivity index (χ4v) is 7.80. The molecule has 0 saturated carbocycles. The number of amides is 2. The number of nitrogens with zero attached hydrogens (tertiary/aromatic N) is 2. The van der Waals surface area contributed by atoms with Gasteiger partial charge in [0.2, 0.25) is 0 Å². The van der Waals surface area contributed by atoms with Gasteiger partial charge < -0.3 is 4.90 Å². The van der Waals surface area contributed by atoms with Gasteiger partial charge in [-0.15, -0.1) is 0 Å². The maximum absolute atomic E-state index is 13.4. The Kier molecular flexibility index (Phi) is 6.63. The SMILES string of the molecule is CCCCCCN1C(=O)/C(=C2\SC(=S)N([C@@H]3CCS(=O)(=O)C3)C2=O)c2cc(Br)ccc21. The monoisotopic (exact) mass is 542 g/mol. The number of sulfone groups is 1. The number of benzene rings is 1. The van der Waals surface area contributed by atoms with Crippen LogP contribution in [0.5, 0.6) is 0 Å². The second-order valence-electron chi connectivity index (χ2n) is 7.98. The van der Waals surface area contributed by atoms with E-state index in [-0.39, 0.29) is 23.3 Å². The van der Waals surface area contributed by atoms with Gasteiger partial charge in [0.1, 0.15) is 4.32 Å². The first-order valence-corrected chi connectivity index (χ1v) is 14.2. The summed E-state index contributed by atoms with van der Waals surface area (Å²) < 4.78 is 25.0. The zero-order valence-corrected chi connectivity index (χ0v) is 21.1. The Balaban J connectivity index is 1.69. The zero-order chi connectivity index (χ0) is 22.3. The van der Waals surface area contributed by atoms with E-state index in [0.29, 0.717) is 27.8 Å². The normalized spacial score (nSPS) is 25.1. The number of anilines is 1. The van der Waals surface area contributed by atoms with Crippen molar-refractivity contribution >= 4 is 77.1 Å². The molecular formula is C21H23BrN2O4S3. The Bertz CT molecular complexity index is 1100. The number of thiocarbonyl (C=S) groups is 1. The van der Waals surface area contributed by atoms with Crippen molar-refractivity contribution in [2.24, 2.45) is 0 Å². The standard InChI is InChI=1S/C21H23BrN2O4S3/c1-2-3-4-5-9-23-16-7-6-13(22)11-15(16)17(19(23)25)18-20(26)24(21(29)30-18)14-8-10-31(27,28)12-14/h6-7,11,14H,2-5,8-10,12H2,1H3/b18-17-/t14-/m1/s1. The molecule has 1 atom stereocenters. The lowest BCUT2D eigenvalue weighted by molar-refractivity contribution is -0.123.